The van der Waals surface area contributed by atoms with Gasteiger partial charge in [0, 0.05) is 0 Å². The van der Waals surface area contributed by atoms with Gasteiger partial charge in [0.25, 0.3) is 0 Å². The Balaban J connectivity index is 3.97. The van der Waals surface area contributed by atoms with E-state index in [1.165, 1.54) is 6.92 Å². The van der Waals surface area contributed by atoms with Gasteiger partial charge in [0.1, 0.15) is 6.07 Å². The predicted molar refractivity (Wildman–Crippen MR) is 30.6 cm³/mol. The van der Waals surface area contributed by atoms with Gasteiger partial charge in [-0.15, -0.1) is 5.11 Å². The second kappa shape index (κ2) is 2.85. The summed E-state index contributed by atoms with van der Waals surface area (Å²) < 4.78 is 2.82. The molecule has 0 saturated carbocycles. The van der Waals surface area contributed by atoms with Crippen LogP contribution < -0.4 is 0 Å². The highest BCUT2D eigenvalue weighted by molar-refractivity contribution is 6.25. The Morgan fingerprint density at radius 1 is 1.75 bits per heavy atom. The third-order valence-corrected chi connectivity index (χ3v) is 0.665. The molecule has 0 aliphatic rings. The number of rotatable bonds is 1. The highest BCUT2D eigenvalue weighted by Crippen LogP contribution is 2.14. The minimum atomic E-state index is -1.30. The number of nitrogens with zero attached hydrogens (tertiary/aromatic N) is 3. The van der Waals surface area contributed by atoms with E-state index >= 15 is 0 Å². The predicted octanol–water partition coefficient (Wildman–Crippen LogP) is 2.07. The fraction of sp³-hybridized carbons (Fsp3) is 0.667. The summed E-state index contributed by atoms with van der Waals surface area (Å²) in [5.74, 6) is 0. The van der Waals surface area contributed by atoms with Gasteiger partial charge in [-0.25, -0.2) is 0 Å². The van der Waals surface area contributed by atoms with Crippen LogP contribution in [0.1, 0.15) is 6.92 Å². The van der Waals surface area contributed by atoms with Crippen molar-refractivity contribution in [3.63, 3.8) is 0 Å². The number of nitriles is 1. The molecule has 0 amide bonds. The Morgan fingerprint density at radius 2 is 2.25 bits per heavy atom. The quantitative estimate of drug-likeness (QED) is 0.322. The lowest BCUT2D eigenvalue weighted by Crippen LogP contribution is -2.06. The first-order chi connectivity index (χ1) is 3.62. The molecule has 0 aromatic carbocycles. The van der Waals surface area contributed by atoms with E-state index in [9.17, 15) is 0 Å². The van der Waals surface area contributed by atoms with Crippen LogP contribution >= 0.6 is 23.4 Å². The fourth-order valence-electron chi connectivity index (χ4n) is 0.0933. The first-order valence-corrected chi connectivity index (χ1v) is 2.47. The average Bonchev–Trinajstić information content (AvgIpc) is 1.67. The molecule has 3 nitrogen and oxygen atoms in total. The lowest BCUT2D eigenvalue weighted by Gasteiger charge is -1.98. The summed E-state index contributed by atoms with van der Waals surface area (Å²) in [5.41, 5.74) is 0. The zero-order valence-electron chi connectivity index (χ0n) is 4.10. The largest absolute Gasteiger partial charge is 0.238 e. The standard InChI is InChI=1S/C3H3Cl2N3/c1-3(4,2-6)7-8-5/h1H3. The van der Waals surface area contributed by atoms with E-state index in [-0.39, 0.29) is 0 Å². The fourth-order valence-corrected chi connectivity index (χ4v) is 0.321. The Morgan fingerprint density at radius 3 is 2.38 bits per heavy atom. The summed E-state index contributed by atoms with van der Waals surface area (Å²) in [4.78, 5) is -1.30. The van der Waals surface area contributed by atoms with Crippen molar-refractivity contribution >= 4 is 23.4 Å². The van der Waals surface area contributed by atoms with Crippen LogP contribution in [0.3, 0.4) is 0 Å². The SMILES string of the molecule is CC(Cl)(C#N)N=NCl. The van der Waals surface area contributed by atoms with E-state index < -0.39 is 5.00 Å². The summed E-state index contributed by atoms with van der Waals surface area (Å²) >= 11 is 10.1. The minimum absolute atomic E-state index is 1.30. The maximum absolute atomic E-state index is 8.13. The summed E-state index contributed by atoms with van der Waals surface area (Å²) in [6, 6.07) is 1.66. The zero-order chi connectivity index (χ0) is 6.62. The first kappa shape index (κ1) is 7.67. The summed E-state index contributed by atoms with van der Waals surface area (Å²) in [6.07, 6.45) is 0. The van der Waals surface area contributed by atoms with Gasteiger partial charge in [-0.05, 0) is 6.92 Å². The maximum Gasteiger partial charge on any atom is 0.238 e. The molecule has 0 radical (unpaired) electrons. The topological polar surface area (TPSA) is 48.5 Å². The molecule has 0 fully saturated rings. The van der Waals surface area contributed by atoms with Crippen molar-refractivity contribution in [3.05, 3.63) is 0 Å². The Labute approximate surface area is 57.0 Å². The van der Waals surface area contributed by atoms with Crippen LogP contribution in [-0.4, -0.2) is 5.00 Å². The summed E-state index contributed by atoms with van der Waals surface area (Å²) in [6.45, 7) is 1.39. The van der Waals surface area contributed by atoms with Crippen LogP contribution in [0.25, 0.3) is 0 Å². The van der Waals surface area contributed by atoms with Crippen LogP contribution in [0.4, 0.5) is 0 Å². The lowest BCUT2D eigenvalue weighted by molar-refractivity contribution is 0.800. The van der Waals surface area contributed by atoms with Crippen molar-refractivity contribution in [1.29, 1.82) is 5.26 Å². The zero-order valence-corrected chi connectivity index (χ0v) is 5.61. The van der Waals surface area contributed by atoms with Crippen molar-refractivity contribution < 1.29 is 0 Å². The highest BCUT2D eigenvalue weighted by Gasteiger charge is 2.17. The molecule has 44 valence electrons. The van der Waals surface area contributed by atoms with Crippen molar-refractivity contribution in [2.45, 2.75) is 11.9 Å². The van der Waals surface area contributed by atoms with Gasteiger partial charge < -0.3 is 0 Å². The average molecular weight is 152 g/mol. The molecule has 1 unspecified atom stereocenters. The van der Waals surface area contributed by atoms with Crippen molar-refractivity contribution in [2.24, 2.45) is 9.75 Å². The number of hydrogen-bond acceptors (Lipinski definition) is 3. The lowest BCUT2D eigenvalue weighted by atomic mass is 10.4. The second-order valence-corrected chi connectivity index (χ2v) is 2.13. The third-order valence-electron chi connectivity index (χ3n) is 0.430. The van der Waals surface area contributed by atoms with Gasteiger partial charge in [-0.2, -0.15) is 5.26 Å². The van der Waals surface area contributed by atoms with Crippen LogP contribution in [0.2, 0.25) is 0 Å². The van der Waals surface area contributed by atoms with Gasteiger partial charge in [-0.1, -0.05) is 16.2 Å². The molecular formula is C3H3Cl2N3. The third kappa shape index (κ3) is 2.78. The smallest absolute Gasteiger partial charge is 0.194 e. The molecule has 8 heavy (non-hydrogen) atoms. The highest BCUT2D eigenvalue weighted by atomic mass is 35.5. The molecular weight excluding hydrogens is 149 g/mol. The van der Waals surface area contributed by atoms with Gasteiger partial charge in [0.15, 0.2) is 0 Å². The molecule has 0 spiro atoms. The van der Waals surface area contributed by atoms with Gasteiger partial charge in [-0.3, -0.25) is 0 Å². The van der Waals surface area contributed by atoms with E-state index in [1.54, 1.807) is 6.07 Å². The minimum Gasteiger partial charge on any atom is -0.194 e. The molecule has 0 N–H and O–H groups in total. The summed E-state index contributed by atoms with van der Waals surface area (Å²) in [5, 5.41) is 11.3. The Kier molecular flexibility index (Phi) is 2.74. The van der Waals surface area contributed by atoms with Crippen LogP contribution in [0, 0.1) is 11.3 Å². The van der Waals surface area contributed by atoms with E-state index in [0.717, 1.165) is 0 Å². The van der Waals surface area contributed by atoms with Gasteiger partial charge >= 0.3 is 0 Å². The second-order valence-electron chi connectivity index (χ2n) is 1.24. The molecule has 0 aliphatic heterocycles. The van der Waals surface area contributed by atoms with Crippen molar-refractivity contribution in [1.82, 2.24) is 0 Å². The molecule has 0 aromatic rings. The molecule has 0 aliphatic carbocycles. The molecule has 0 heterocycles. The van der Waals surface area contributed by atoms with E-state index in [0.29, 0.717) is 0 Å². The normalized spacial score (nSPS) is 17.8. The van der Waals surface area contributed by atoms with Crippen LogP contribution in [0.5, 0.6) is 0 Å². The molecule has 0 saturated heterocycles. The number of alkyl halides is 1. The molecule has 5 heteroatoms. The van der Waals surface area contributed by atoms with Gasteiger partial charge in [0.2, 0.25) is 5.00 Å². The molecule has 0 bridgehead atoms. The molecule has 1 atom stereocenters. The Bertz CT molecular complexity index is 134. The van der Waals surface area contributed by atoms with Crippen LogP contribution in [0.15, 0.2) is 9.75 Å². The van der Waals surface area contributed by atoms with E-state index in [1.807, 2.05) is 0 Å². The van der Waals surface area contributed by atoms with Gasteiger partial charge in [0.05, 0.1) is 11.8 Å². The van der Waals surface area contributed by atoms with Crippen molar-refractivity contribution in [3.8, 4) is 6.07 Å². The van der Waals surface area contributed by atoms with Crippen molar-refractivity contribution in [2.75, 3.05) is 0 Å². The molecule has 0 aromatic heterocycles. The van der Waals surface area contributed by atoms with E-state index in [2.05, 4.69) is 9.75 Å². The maximum atomic E-state index is 8.13. The number of hydrogen-bond donors (Lipinski definition) is 0. The van der Waals surface area contributed by atoms with E-state index in [4.69, 9.17) is 28.6 Å². The monoisotopic (exact) mass is 151 g/mol. The Hall–Kier alpha value is -0.330. The van der Waals surface area contributed by atoms with Crippen LogP contribution in [-0.2, 0) is 0 Å². The summed E-state index contributed by atoms with van der Waals surface area (Å²) in [7, 11) is 0. The molecule has 0 rings (SSSR count). The first-order valence-electron chi connectivity index (χ1n) is 1.76. The number of halogens is 2.